The van der Waals surface area contributed by atoms with Crippen LogP contribution >= 0.6 is 23.1 Å². The Bertz CT molecular complexity index is 707. The molecule has 2 aromatic rings. The molecule has 1 aromatic carbocycles. The third-order valence-corrected chi connectivity index (χ3v) is 6.17. The smallest absolute Gasteiger partial charge is 0.263 e. The Hall–Kier alpha value is -1.02. The van der Waals surface area contributed by atoms with Crippen LogP contribution in [-0.2, 0) is 16.6 Å². The Kier molecular flexibility index (Phi) is 4.74. The van der Waals surface area contributed by atoms with Gasteiger partial charge in [-0.05, 0) is 31.4 Å². The van der Waals surface area contributed by atoms with Gasteiger partial charge < -0.3 is 5.11 Å². The average molecular weight is 329 g/mol. The zero-order valence-corrected chi connectivity index (χ0v) is 13.5. The van der Waals surface area contributed by atoms with E-state index >= 15 is 0 Å². The molecule has 0 atom stereocenters. The van der Waals surface area contributed by atoms with Crippen molar-refractivity contribution >= 4 is 38.8 Å². The highest BCUT2D eigenvalue weighted by Gasteiger charge is 2.20. The van der Waals surface area contributed by atoms with Crippen LogP contribution in [0.3, 0.4) is 0 Å². The summed E-state index contributed by atoms with van der Waals surface area (Å²) in [6, 6.07) is 8.77. The molecule has 2 rings (SSSR count). The van der Waals surface area contributed by atoms with E-state index in [-0.39, 0.29) is 11.5 Å². The number of sulfonamides is 1. The van der Waals surface area contributed by atoms with Gasteiger partial charge in [-0.1, -0.05) is 12.1 Å². The van der Waals surface area contributed by atoms with Gasteiger partial charge in [0.15, 0.2) is 0 Å². The molecule has 1 heterocycles. The molecule has 0 aliphatic heterocycles. The van der Waals surface area contributed by atoms with Crippen LogP contribution in [0.15, 0.2) is 40.1 Å². The largest absolute Gasteiger partial charge is 0.391 e. The van der Waals surface area contributed by atoms with Crippen molar-refractivity contribution in [1.82, 2.24) is 0 Å². The van der Waals surface area contributed by atoms with E-state index in [0.717, 1.165) is 4.90 Å². The van der Waals surface area contributed by atoms with E-state index in [1.165, 1.54) is 29.2 Å². The molecule has 0 aliphatic carbocycles. The summed E-state index contributed by atoms with van der Waals surface area (Å²) in [6.45, 7) is 1.58. The lowest BCUT2D eigenvalue weighted by Gasteiger charge is -2.10. The molecule has 2 N–H and O–H groups in total. The predicted octanol–water partition coefficient (Wildman–Crippen LogP) is 3.07. The molecule has 0 saturated carbocycles. The number of rotatable bonds is 5. The lowest BCUT2D eigenvalue weighted by molar-refractivity contribution is 0.285. The maximum Gasteiger partial charge on any atom is 0.263 e. The molecule has 0 amide bonds. The highest BCUT2D eigenvalue weighted by Crippen LogP contribution is 2.30. The van der Waals surface area contributed by atoms with Gasteiger partial charge in [-0.15, -0.1) is 23.1 Å². The van der Waals surface area contributed by atoms with E-state index < -0.39 is 10.0 Å². The first-order chi connectivity index (χ1) is 9.47. The van der Waals surface area contributed by atoms with Crippen LogP contribution in [0.25, 0.3) is 0 Å². The van der Waals surface area contributed by atoms with Crippen molar-refractivity contribution in [1.29, 1.82) is 0 Å². The molecule has 4 nitrogen and oxygen atoms in total. The molecule has 0 aliphatic rings. The zero-order chi connectivity index (χ0) is 14.8. The lowest BCUT2D eigenvalue weighted by Crippen LogP contribution is -2.13. The minimum absolute atomic E-state index is 0.150. The van der Waals surface area contributed by atoms with Crippen LogP contribution in [0.4, 0.5) is 5.69 Å². The Labute approximate surface area is 126 Å². The summed E-state index contributed by atoms with van der Waals surface area (Å²) in [5, 5.41) is 9.10. The fourth-order valence-corrected chi connectivity index (χ4v) is 4.99. The van der Waals surface area contributed by atoms with Crippen molar-refractivity contribution in [3.63, 3.8) is 0 Å². The molecule has 1 aromatic heterocycles. The van der Waals surface area contributed by atoms with Crippen LogP contribution in [0, 0.1) is 6.92 Å². The van der Waals surface area contributed by atoms with Gasteiger partial charge in [-0.2, -0.15) is 0 Å². The number of aryl methyl sites for hydroxylation is 1. The van der Waals surface area contributed by atoms with Gasteiger partial charge in [0.05, 0.1) is 12.3 Å². The Morgan fingerprint density at radius 3 is 2.65 bits per heavy atom. The number of benzene rings is 1. The topological polar surface area (TPSA) is 66.4 Å². The highest BCUT2D eigenvalue weighted by molar-refractivity contribution is 7.99. The number of thioether (sulfide) groups is 1. The van der Waals surface area contributed by atoms with Crippen LogP contribution in [0.2, 0.25) is 0 Å². The monoisotopic (exact) mass is 329 g/mol. The number of para-hydroxylation sites is 1. The first kappa shape index (κ1) is 15.4. The average Bonchev–Trinajstić information content (AvgIpc) is 2.81. The number of aliphatic hydroxyl groups is 1. The summed E-state index contributed by atoms with van der Waals surface area (Å²) in [5.41, 5.74) is 0.566. The molecule has 0 bridgehead atoms. The summed E-state index contributed by atoms with van der Waals surface area (Å²) in [5.74, 6) is 0. The molecular weight excluding hydrogens is 314 g/mol. The quantitative estimate of drug-likeness (QED) is 0.827. The molecule has 0 fully saturated rings. The van der Waals surface area contributed by atoms with Gasteiger partial charge in [-0.25, -0.2) is 8.42 Å². The maximum atomic E-state index is 12.4. The summed E-state index contributed by atoms with van der Waals surface area (Å²) >= 11 is 2.77. The standard InChI is InChI=1S/C13H15NO3S3/c1-9-13(7-10(8-15)19-9)20(16,17)14-11-5-3-4-6-12(11)18-2/h3-7,14-15H,8H2,1-2H3. The first-order valence-electron chi connectivity index (χ1n) is 5.84. The lowest BCUT2D eigenvalue weighted by atomic mass is 10.3. The van der Waals surface area contributed by atoms with Gasteiger partial charge in [0, 0.05) is 14.6 Å². The van der Waals surface area contributed by atoms with Crippen LogP contribution in [0.1, 0.15) is 9.75 Å². The Morgan fingerprint density at radius 1 is 1.35 bits per heavy atom. The summed E-state index contributed by atoms with van der Waals surface area (Å²) in [4.78, 5) is 2.40. The second-order valence-corrected chi connectivity index (χ2v) is 7.94. The van der Waals surface area contributed by atoms with Crippen molar-refractivity contribution in [3.8, 4) is 0 Å². The summed E-state index contributed by atoms with van der Waals surface area (Å²) in [7, 11) is -3.63. The molecule has 0 spiro atoms. The van der Waals surface area contributed by atoms with Crippen LogP contribution < -0.4 is 4.72 Å². The Morgan fingerprint density at radius 2 is 2.05 bits per heavy atom. The molecule has 20 heavy (non-hydrogen) atoms. The molecule has 0 unspecified atom stereocenters. The zero-order valence-electron chi connectivity index (χ0n) is 11.1. The molecular formula is C13H15NO3S3. The van der Waals surface area contributed by atoms with Gasteiger partial charge in [0.1, 0.15) is 4.90 Å². The van der Waals surface area contributed by atoms with Crippen LogP contribution in [0.5, 0.6) is 0 Å². The maximum absolute atomic E-state index is 12.4. The summed E-state index contributed by atoms with van der Waals surface area (Å²) in [6.07, 6.45) is 1.90. The van der Waals surface area contributed by atoms with E-state index in [4.69, 9.17) is 5.11 Å². The second-order valence-electron chi connectivity index (χ2n) is 4.10. The van der Waals surface area contributed by atoms with Gasteiger partial charge in [0.2, 0.25) is 0 Å². The fraction of sp³-hybridized carbons (Fsp3) is 0.231. The minimum atomic E-state index is -3.63. The van der Waals surface area contributed by atoms with Crippen LogP contribution in [-0.4, -0.2) is 19.8 Å². The van der Waals surface area contributed by atoms with E-state index in [0.29, 0.717) is 15.4 Å². The number of thiophene rings is 1. The van der Waals surface area contributed by atoms with Gasteiger partial charge >= 0.3 is 0 Å². The first-order valence-corrected chi connectivity index (χ1v) is 9.36. The molecule has 108 valence electrons. The molecule has 7 heteroatoms. The van der Waals surface area contributed by atoms with Crippen molar-refractivity contribution in [2.45, 2.75) is 23.3 Å². The summed E-state index contributed by atoms with van der Waals surface area (Å²) < 4.78 is 27.5. The Balaban J connectivity index is 2.38. The van der Waals surface area contributed by atoms with Crippen molar-refractivity contribution in [2.75, 3.05) is 11.0 Å². The highest BCUT2D eigenvalue weighted by atomic mass is 32.2. The van der Waals surface area contributed by atoms with Crippen molar-refractivity contribution in [2.24, 2.45) is 0 Å². The van der Waals surface area contributed by atoms with Crippen molar-refractivity contribution < 1.29 is 13.5 Å². The second kappa shape index (κ2) is 6.17. The number of hydrogen-bond donors (Lipinski definition) is 2. The third kappa shape index (κ3) is 3.17. The normalized spacial score (nSPS) is 11.6. The van der Waals surface area contributed by atoms with E-state index in [9.17, 15) is 8.42 Å². The predicted molar refractivity (Wildman–Crippen MR) is 84.0 cm³/mol. The molecule has 0 radical (unpaired) electrons. The number of aliphatic hydroxyl groups excluding tert-OH is 1. The fourth-order valence-electron chi connectivity index (χ4n) is 1.80. The number of nitrogens with one attached hydrogen (secondary N) is 1. The third-order valence-electron chi connectivity index (χ3n) is 2.72. The van der Waals surface area contributed by atoms with Gasteiger partial charge in [-0.3, -0.25) is 4.72 Å². The molecule has 0 saturated heterocycles. The van der Waals surface area contributed by atoms with E-state index in [2.05, 4.69) is 4.72 Å². The van der Waals surface area contributed by atoms with Crippen molar-refractivity contribution in [3.05, 3.63) is 40.1 Å². The SMILES string of the molecule is CSc1ccccc1NS(=O)(=O)c1cc(CO)sc1C. The van der Waals surface area contributed by atoms with Gasteiger partial charge in [0.25, 0.3) is 10.0 Å². The van der Waals surface area contributed by atoms with E-state index in [1.807, 2.05) is 18.4 Å². The number of hydrogen-bond acceptors (Lipinski definition) is 5. The minimum Gasteiger partial charge on any atom is -0.391 e. The van der Waals surface area contributed by atoms with E-state index in [1.54, 1.807) is 19.1 Å². The number of anilines is 1.